The van der Waals surface area contributed by atoms with Gasteiger partial charge in [-0.15, -0.1) is 0 Å². The number of aryl methyl sites for hydroxylation is 3. The van der Waals surface area contributed by atoms with Gasteiger partial charge >= 0.3 is 5.97 Å². The van der Waals surface area contributed by atoms with Crippen molar-refractivity contribution >= 4 is 11.9 Å². The minimum Gasteiger partial charge on any atom is -0.482 e. The summed E-state index contributed by atoms with van der Waals surface area (Å²) in [6.07, 6.45) is 2.45. The van der Waals surface area contributed by atoms with E-state index in [1.54, 1.807) is 6.92 Å². The summed E-state index contributed by atoms with van der Waals surface area (Å²) in [5.74, 6) is -0.237. The molecular formula is C22H25NO4. The van der Waals surface area contributed by atoms with Crippen LogP contribution in [0.1, 0.15) is 35.6 Å². The zero-order chi connectivity index (χ0) is 19.2. The van der Waals surface area contributed by atoms with Crippen LogP contribution in [-0.4, -0.2) is 24.6 Å². The molecule has 142 valence electrons. The van der Waals surface area contributed by atoms with Crippen LogP contribution in [0.25, 0.3) is 0 Å². The topological polar surface area (TPSA) is 64.6 Å². The second-order valence-electron chi connectivity index (χ2n) is 6.91. The van der Waals surface area contributed by atoms with Crippen molar-refractivity contribution in [3.8, 4) is 5.75 Å². The average Bonchev–Trinajstić information content (AvgIpc) is 3.13. The Hall–Kier alpha value is -2.82. The quantitative estimate of drug-likeness (QED) is 0.764. The molecule has 0 bridgehead atoms. The van der Waals surface area contributed by atoms with Gasteiger partial charge in [-0.3, -0.25) is 4.79 Å². The maximum absolute atomic E-state index is 12.1. The SMILES string of the molecule is Cc1ccc(CNC(=O)[C@@H](C)OC(=O)COc2ccc3c(c2)CCC3)cc1. The summed E-state index contributed by atoms with van der Waals surface area (Å²) in [5.41, 5.74) is 4.79. The van der Waals surface area contributed by atoms with Crippen molar-refractivity contribution < 1.29 is 19.1 Å². The van der Waals surface area contributed by atoms with E-state index in [4.69, 9.17) is 9.47 Å². The lowest BCUT2D eigenvalue weighted by Crippen LogP contribution is -2.36. The maximum atomic E-state index is 12.1. The first-order chi connectivity index (χ1) is 13.0. The standard InChI is InChI=1S/C22H25NO4/c1-15-6-8-17(9-7-15)13-23-22(25)16(2)27-21(24)14-26-20-11-10-18-4-3-5-19(18)12-20/h6-12,16H,3-5,13-14H2,1-2H3,(H,23,25)/t16-/m1/s1. The number of fused-ring (bicyclic) bond motifs is 1. The largest absolute Gasteiger partial charge is 0.482 e. The van der Waals surface area contributed by atoms with Crippen LogP contribution in [0.5, 0.6) is 5.75 Å². The number of nitrogens with one attached hydrogen (secondary N) is 1. The van der Waals surface area contributed by atoms with Crippen LogP contribution in [0.4, 0.5) is 0 Å². The van der Waals surface area contributed by atoms with Gasteiger partial charge in [-0.25, -0.2) is 4.79 Å². The van der Waals surface area contributed by atoms with Crippen LogP contribution in [0.3, 0.4) is 0 Å². The van der Waals surface area contributed by atoms with E-state index in [1.165, 1.54) is 11.1 Å². The summed E-state index contributed by atoms with van der Waals surface area (Å²) in [7, 11) is 0. The molecule has 0 radical (unpaired) electrons. The molecule has 0 fully saturated rings. The molecule has 1 aliphatic rings. The summed E-state index contributed by atoms with van der Waals surface area (Å²) in [6.45, 7) is 3.74. The molecule has 0 saturated carbocycles. The Morgan fingerprint density at radius 2 is 1.81 bits per heavy atom. The first kappa shape index (κ1) is 19.0. The van der Waals surface area contributed by atoms with Crippen LogP contribution < -0.4 is 10.1 Å². The highest BCUT2D eigenvalue weighted by molar-refractivity contribution is 5.83. The average molecular weight is 367 g/mol. The molecule has 1 atom stereocenters. The third kappa shape index (κ3) is 5.33. The fraction of sp³-hybridized carbons (Fsp3) is 0.364. The third-order valence-electron chi connectivity index (χ3n) is 4.69. The van der Waals surface area contributed by atoms with Crippen molar-refractivity contribution in [2.45, 2.75) is 45.8 Å². The van der Waals surface area contributed by atoms with E-state index >= 15 is 0 Å². The van der Waals surface area contributed by atoms with E-state index in [0.717, 1.165) is 30.4 Å². The van der Waals surface area contributed by atoms with E-state index < -0.39 is 12.1 Å². The summed E-state index contributed by atoms with van der Waals surface area (Å²) >= 11 is 0. The van der Waals surface area contributed by atoms with Crippen LogP contribution >= 0.6 is 0 Å². The molecule has 0 unspecified atom stereocenters. The van der Waals surface area contributed by atoms with E-state index in [9.17, 15) is 9.59 Å². The molecule has 0 aliphatic heterocycles. The predicted molar refractivity (Wildman–Crippen MR) is 103 cm³/mol. The van der Waals surface area contributed by atoms with Gasteiger partial charge < -0.3 is 14.8 Å². The highest BCUT2D eigenvalue weighted by Gasteiger charge is 2.18. The second-order valence-corrected chi connectivity index (χ2v) is 6.91. The van der Waals surface area contributed by atoms with Gasteiger partial charge in [0, 0.05) is 6.54 Å². The fourth-order valence-corrected chi connectivity index (χ4v) is 3.10. The molecule has 2 aromatic rings. The molecule has 0 heterocycles. The number of carbonyl (C=O) groups is 2. The molecule has 3 rings (SSSR count). The summed E-state index contributed by atoms with van der Waals surface area (Å²) in [4.78, 5) is 24.0. The molecule has 0 spiro atoms. The number of ether oxygens (including phenoxy) is 2. The Kier molecular flexibility index (Phi) is 6.12. The van der Waals surface area contributed by atoms with Crippen LogP contribution in [0, 0.1) is 6.92 Å². The molecule has 27 heavy (non-hydrogen) atoms. The Balaban J connectivity index is 1.41. The number of amides is 1. The molecule has 0 aromatic heterocycles. The van der Waals surface area contributed by atoms with Crippen molar-refractivity contribution in [2.24, 2.45) is 0 Å². The first-order valence-corrected chi connectivity index (χ1v) is 9.28. The normalized spacial score (nSPS) is 13.6. The molecule has 0 saturated heterocycles. The van der Waals surface area contributed by atoms with Crippen molar-refractivity contribution in [2.75, 3.05) is 6.61 Å². The number of rotatable bonds is 7. The monoisotopic (exact) mass is 367 g/mol. The Morgan fingerprint density at radius 1 is 1.07 bits per heavy atom. The summed E-state index contributed by atoms with van der Waals surface area (Å²) in [5, 5.41) is 2.77. The number of benzene rings is 2. The van der Waals surface area contributed by atoms with Gasteiger partial charge in [-0.1, -0.05) is 35.9 Å². The van der Waals surface area contributed by atoms with Crippen LogP contribution in [0.2, 0.25) is 0 Å². The van der Waals surface area contributed by atoms with Crippen molar-refractivity contribution in [1.29, 1.82) is 0 Å². The van der Waals surface area contributed by atoms with Gasteiger partial charge in [-0.05, 0) is 61.9 Å². The van der Waals surface area contributed by atoms with Crippen molar-refractivity contribution in [3.05, 3.63) is 64.7 Å². The molecule has 1 aliphatic carbocycles. The molecule has 2 aromatic carbocycles. The summed E-state index contributed by atoms with van der Waals surface area (Å²) < 4.78 is 10.7. The number of carbonyl (C=O) groups excluding carboxylic acids is 2. The Labute approximate surface area is 159 Å². The zero-order valence-electron chi connectivity index (χ0n) is 15.8. The van der Waals surface area contributed by atoms with E-state index in [-0.39, 0.29) is 12.5 Å². The van der Waals surface area contributed by atoms with Crippen LogP contribution in [-0.2, 0) is 33.7 Å². The lowest BCUT2D eigenvalue weighted by atomic mass is 10.1. The van der Waals surface area contributed by atoms with Crippen molar-refractivity contribution in [1.82, 2.24) is 5.32 Å². The van der Waals surface area contributed by atoms with Gasteiger partial charge in [0.2, 0.25) is 0 Å². The fourth-order valence-electron chi connectivity index (χ4n) is 3.10. The number of esters is 1. The van der Waals surface area contributed by atoms with Gasteiger partial charge in [0.1, 0.15) is 5.75 Å². The van der Waals surface area contributed by atoms with Gasteiger partial charge in [0.25, 0.3) is 5.91 Å². The van der Waals surface area contributed by atoms with E-state index in [2.05, 4.69) is 5.32 Å². The molecule has 1 amide bonds. The second kappa shape index (κ2) is 8.71. The Morgan fingerprint density at radius 3 is 2.59 bits per heavy atom. The molecule has 1 N–H and O–H groups in total. The lowest BCUT2D eigenvalue weighted by molar-refractivity contribution is -0.156. The number of hydrogen-bond donors (Lipinski definition) is 1. The minimum atomic E-state index is -0.869. The van der Waals surface area contributed by atoms with Gasteiger partial charge in [-0.2, -0.15) is 0 Å². The Bertz CT molecular complexity index is 814. The highest BCUT2D eigenvalue weighted by atomic mass is 16.6. The maximum Gasteiger partial charge on any atom is 0.344 e. The smallest absolute Gasteiger partial charge is 0.344 e. The zero-order valence-corrected chi connectivity index (χ0v) is 15.8. The van der Waals surface area contributed by atoms with Crippen LogP contribution in [0.15, 0.2) is 42.5 Å². The molecular weight excluding hydrogens is 342 g/mol. The highest BCUT2D eigenvalue weighted by Crippen LogP contribution is 2.25. The minimum absolute atomic E-state index is 0.214. The van der Waals surface area contributed by atoms with E-state index in [1.807, 2.05) is 49.4 Å². The van der Waals surface area contributed by atoms with E-state index in [0.29, 0.717) is 12.3 Å². The van der Waals surface area contributed by atoms with Gasteiger partial charge in [0.15, 0.2) is 12.7 Å². The molecule has 5 heteroatoms. The number of hydrogen-bond acceptors (Lipinski definition) is 4. The van der Waals surface area contributed by atoms with Crippen molar-refractivity contribution in [3.63, 3.8) is 0 Å². The molecule has 5 nitrogen and oxygen atoms in total. The van der Waals surface area contributed by atoms with Gasteiger partial charge in [0.05, 0.1) is 0 Å². The predicted octanol–water partition coefficient (Wildman–Crippen LogP) is 3.11. The summed E-state index contributed by atoms with van der Waals surface area (Å²) in [6, 6.07) is 13.8. The third-order valence-corrected chi connectivity index (χ3v) is 4.69. The first-order valence-electron chi connectivity index (χ1n) is 9.28. The lowest BCUT2D eigenvalue weighted by Gasteiger charge is -2.14.